The van der Waals surface area contributed by atoms with Gasteiger partial charge in [-0.1, -0.05) is 23.8 Å². The van der Waals surface area contributed by atoms with Crippen molar-refractivity contribution in [3.8, 4) is 0 Å². The number of carbonyl (C=O) groups is 1. The number of carbonyl (C=O) groups excluding carboxylic acids is 1. The molecule has 4 nitrogen and oxygen atoms in total. The van der Waals surface area contributed by atoms with Crippen molar-refractivity contribution in [2.24, 2.45) is 0 Å². The second kappa shape index (κ2) is 6.30. The van der Waals surface area contributed by atoms with Crippen LogP contribution in [0.25, 0.3) is 0 Å². The highest BCUT2D eigenvalue weighted by atomic mass is 16.3. The summed E-state index contributed by atoms with van der Waals surface area (Å²) in [5.74, 6) is -0.395. The molecule has 1 amide bonds. The Labute approximate surface area is 118 Å². The van der Waals surface area contributed by atoms with E-state index in [1.54, 1.807) is 18.5 Å². The third-order valence-electron chi connectivity index (χ3n) is 3.18. The van der Waals surface area contributed by atoms with E-state index in [-0.39, 0.29) is 0 Å². The highest BCUT2D eigenvalue weighted by Gasteiger charge is 2.18. The number of aromatic nitrogens is 1. The quantitative estimate of drug-likeness (QED) is 0.893. The van der Waals surface area contributed by atoms with Crippen LogP contribution in [-0.4, -0.2) is 16.0 Å². The van der Waals surface area contributed by atoms with E-state index in [2.05, 4.69) is 10.3 Å². The fraction of sp³-hybridized carbons (Fsp3) is 0.250. The van der Waals surface area contributed by atoms with Crippen molar-refractivity contribution in [2.75, 3.05) is 0 Å². The molecule has 1 unspecified atom stereocenters. The summed E-state index contributed by atoms with van der Waals surface area (Å²) in [5, 5.41) is 12.8. The molecule has 104 valence electrons. The third kappa shape index (κ3) is 3.42. The van der Waals surface area contributed by atoms with Crippen molar-refractivity contribution in [1.29, 1.82) is 0 Å². The molecular formula is C16H18N2O2. The molecule has 0 fully saturated rings. The zero-order valence-corrected chi connectivity index (χ0v) is 11.6. The van der Waals surface area contributed by atoms with Gasteiger partial charge in [0.05, 0.1) is 0 Å². The first-order valence-corrected chi connectivity index (χ1v) is 6.50. The van der Waals surface area contributed by atoms with Crippen molar-refractivity contribution in [3.63, 3.8) is 0 Å². The zero-order chi connectivity index (χ0) is 14.5. The monoisotopic (exact) mass is 270 g/mol. The van der Waals surface area contributed by atoms with Gasteiger partial charge in [-0.15, -0.1) is 0 Å². The molecular weight excluding hydrogens is 252 g/mol. The van der Waals surface area contributed by atoms with Crippen LogP contribution in [0.5, 0.6) is 0 Å². The van der Waals surface area contributed by atoms with E-state index in [0.717, 1.165) is 16.7 Å². The predicted molar refractivity (Wildman–Crippen MR) is 77.0 cm³/mol. The Balaban J connectivity index is 2.01. The van der Waals surface area contributed by atoms with Gasteiger partial charge >= 0.3 is 0 Å². The molecule has 2 rings (SSSR count). The summed E-state index contributed by atoms with van der Waals surface area (Å²) in [5.41, 5.74) is 3.61. The molecule has 20 heavy (non-hydrogen) atoms. The number of amides is 1. The normalized spacial score (nSPS) is 11.9. The lowest BCUT2D eigenvalue weighted by molar-refractivity contribution is -0.129. The molecule has 1 atom stereocenters. The molecule has 1 aromatic carbocycles. The molecule has 0 radical (unpaired) electrons. The lowest BCUT2D eigenvalue weighted by atomic mass is 10.0. The molecule has 0 saturated heterocycles. The first-order valence-electron chi connectivity index (χ1n) is 6.50. The SMILES string of the molecule is Cc1ccc(C(O)C(=O)NCc2ccncc2)c(C)c1. The van der Waals surface area contributed by atoms with Gasteiger partial charge in [0.15, 0.2) is 6.10 Å². The zero-order valence-electron chi connectivity index (χ0n) is 11.6. The van der Waals surface area contributed by atoms with Gasteiger partial charge in [0.2, 0.25) is 0 Å². The number of aliphatic hydroxyl groups excluding tert-OH is 1. The van der Waals surface area contributed by atoms with Crippen LogP contribution < -0.4 is 5.32 Å². The van der Waals surface area contributed by atoms with Crippen LogP contribution in [0.2, 0.25) is 0 Å². The van der Waals surface area contributed by atoms with E-state index >= 15 is 0 Å². The highest BCUT2D eigenvalue weighted by Crippen LogP contribution is 2.19. The molecule has 4 heteroatoms. The second-order valence-electron chi connectivity index (χ2n) is 4.84. The number of rotatable bonds is 4. The Morgan fingerprint density at radius 2 is 1.95 bits per heavy atom. The maximum Gasteiger partial charge on any atom is 0.253 e. The van der Waals surface area contributed by atoms with Gasteiger partial charge in [-0.3, -0.25) is 9.78 Å². The summed E-state index contributed by atoms with van der Waals surface area (Å²) < 4.78 is 0. The van der Waals surface area contributed by atoms with Gasteiger partial charge < -0.3 is 10.4 Å². The van der Waals surface area contributed by atoms with Gasteiger partial charge in [0.1, 0.15) is 0 Å². The number of hydrogen-bond donors (Lipinski definition) is 2. The lowest BCUT2D eigenvalue weighted by Gasteiger charge is -2.14. The summed E-state index contributed by atoms with van der Waals surface area (Å²) >= 11 is 0. The van der Waals surface area contributed by atoms with Crippen LogP contribution in [0, 0.1) is 13.8 Å². The standard InChI is InChI=1S/C16H18N2O2/c1-11-3-4-14(12(2)9-11)15(19)16(20)18-10-13-5-7-17-8-6-13/h3-9,15,19H,10H2,1-2H3,(H,18,20). The summed E-state index contributed by atoms with van der Waals surface area (Å²) in [6.45, 7) is 4.25. The first kappa shape index (κ1) is 14.2. The largest absolute Gasteiger partial charge is 0.378 e. The van der Waals surface area contributed by atoms with Gasteiger partial charge in [0, 0.05) is 18.9 Å². The molecule has 2 N–H and O–H groups in total. The van der Waals surface area contributed by atoms with E-state index in [1.807, 2.05) is 38.1 Å². The van der Waals surface area contributed by atoms with Crippen LogP contribution >= 0.6 is 0 Å². The topological polar surface area (TPSA) is 62.2 Å². The Kier molecular flexibility index (Phi) is 4.48. The smallest absolute Gasteiger partial charge is 0.253 e. The second-order valence-corrected chi connectivity index (χ2v) is 4.84. The van der Waals surface area contributed by atoms with Gasteiger partial charge in [0.25, 0.3) is 5.91 Å². The molecule has 0 bridgehead atoms. The van der Waals surface area contributed by atoms with Crippen molar-refractivity contribution in [1.82, 2.24) is 10.3 Å². The Morgan fingerprint density at radius 3 is 2.60 bits per heavy atom. The van der Waals surface area contributed by atoms with Crippen molar-refractivity contribution in [2.45, 2.75) is 26.5 Å². The lowest BCUT2D eigenvalue weighted by Crippen LogP contribution is -2.29. The molecule has 0 aliphatic rings. The number of nitrogens with zero attached hydrogens (tertiary/aromatic N) is 1. The highest BCUT2D eigenvalue weighted by molar-refractivity contribution is 5.82. The van der Waals surface area contributed by atoms with Crippen LogP contribution in [-0.2, 0) is 11.3 Å². The van der Waals surface area contributed by atoms with Crippen LogP contribution in [0.4, 0.5) is 0 Å². The minimum atomic E-state index is -1.14. The van der Waals surface area contributed by atoms with E-state index in [0.29, 0.717) is 12.1 Å². The summed E-state index contributed by atoms with van der Waals surface area (Å²) in [6, 6.07) is 9.28. The third-order valence-corrected chi connectivity index (χ3v) is 3.18. The number of benzene rings is 1. The van der Waals surface area contributed by atoms with Crippen LogP contribution in [0.1, 0.15) is 28.4 Å². The summed E-state index contributed by atoms with van der Waals surface area (Å²) in [4.78, 5) is 15.9. The van der Waals surface area contributed by atoms with Crippen molar-refractivity contribution in [3.05, 3.63) is 65.0 Å². The molecule has 1 aromatic heterocycles. The number of pyridine rings is 1. The Morgan fingerprint density at radius 1 is 1.25 bits per heavy atom. The van der Waals surface area contributed by atoms with Crippen molar-refractivity contribution >= 4 is 5.91 Å². The predicted octanol–water partition coefficient (Wildman–Crippen LogP) is 2.05. The molecule has 0 spiro atoms. The number of aliphatic hydroxyl groups is 1. The molecule has 2 aromatic rings. The van der Waals surface area contributed by atoms with E-state index in [1.165, 1.54) is 0 Å². The summed E-state index contributed by atoms with van der Waals surface area (Å²) in [6.07, 6.45) is 2.20. The fourth-order valence-corrected chi connectivity index (χ4v) is 2.06. The average molecular weight is 270 g/mol. The van der Waals surface area contributed by atoms with Gasteiger partial charge in [-0.05, 0) is 42.7 Å². The number of nitrogens with one attached hydrogen (secondary N) is 1. The van der Waals surface area contributed by atoms with Crippen LogP contribution in [0.15, 0.2) is 42.7 Å². The maximum atomic E-state index is 12.0. The number of aryl methyl sites for hydroxylation is 2. The fourth-order valence-electron chi connectivity index (χ4n) is 2.06. The minimum Gasteiger partial charge on any atom is -0.378 e. The van der Waals surface area contributed by atoms with E-state index in [9.17, 15) is 9.90 Å². The molecule has 0 aliphatic carbocycles. The van der Waals surface area contributed by atoms with E-state index < -0.39 is 12.0 Å². The summed E-state index contributed by atoms with van der Waals surface area (Å²) in [7, 11) is 0. The minimum absolute atomic E-state index is 0.378. The maximum absolute atomic E-state index is 12.0. The molecule has 1 heterocycles. The first-order chi connectivity index (χ1) is 9.58. The Bertz CT molecular complexity index is 597. The molecule has 0 saturated carbocycles. The average Bonchev–Trinajstić information content (AvgIpc) is 2.45. The molecule has 0 aliphatic heterocycles. The van der Waals surface area contributed by atoms with Crippen LogP contribution in [0.3, 0.4) is 0 Å². The van der Waals surface area contributed by atoms with Gasteiger partial charge in [-0.2, -0.15) is 0 Å². The number of hydrogen-bond acceptors (Lipinski definition) is 3. The van der Waals surface area contributed by atoms with Gasteiger partial charge in [-0.25, -0.2) is 0 Å². The Hall–Kier alpha value is -2.20. The van der Waals surface area contributed by atoms with E-state index in [4.69, 9.17) is 0 Å². The van der Waals surface area contributed by atoms with Crippen molar-refractivity contribution < 1.29 is 9.90 Å².